The summed E-state index contributed by atoms with van der Waals surface area (Å²) in [5.41, 5.74) is 0. The molecule has 0 spiro atoms. The lowest BCUT2D eigenvalue weighted by Gasteiger charge is -1.97. The molecule has 0 N–H and O–H groups in total. The topological polar surface area (TPSA) is 26.3 Å². The maximum absolute atomic E-state index is 10.4. The van der Waals surface area contributed by atoms with Gasteiger partial charge in [-0.2, -0.15) is 0 Å². The normalized spacial score (nSPS) is 10.6. The van der Waals surface area contributed by atoms with Crippen molar-refractivity contribution >= 4 is 5.97 Å². The second kappa shape index (κ2) is 9.30. The second-order valence-corrected chi connectivity index (χ2v) is 3.10. The minimum Gasteiger partial charge on any atom is -0.466 e. The summed E-state index contributed by atoms with van der Waals surface area (Å²) in [6, 6.07) is 0. The van der Waals surface area contributed by atoms with E-state index in [2.05, 4.69) is 19.1 Å². The molecule has 0 bridgehead atoms. The minimum atomic E-state index is -0.185. The zero-order valence-electron chi connectivity index (χ0n) is 8.71. The minimum absolute atomic E-state index is 0.185. The quantitative estimate of drug-likeness (QED) is 0.345. The number of esters is 1. The molecular formula is C11H20O2. The van der Waals surface area contributed by atoms with Gasteiger partial charge in [-0.15, -0.1) is 0 Å². The van der Waals surface area contributed by atoms with Crippen LogP contribution in [0.15, 0.2) is 12.2 Å². The van der Waals surface area contributed by atoms with Crippen molar-refractivity contribution < 1.29 is 9.53 Å². The van der Waals surface area contributed by atoms with Gasteiger partial charge < -0.3 is 4.74 Å². The van der Waals surface area contributed by atoms with Crippen LogP contribution in [0.3, 0.4) is 0 Å². The van der Waals surface area contributed by atoms with E-state index in [-0.39, 0.29) is 5.97 Å². The highest BCUT2D eigenvalue weighted by Gasteiger charge is 1.89. The van der Waals surface area contributed by atoms with Gasteiger partial charge >= 0.3 is 5.97 Å². The third-order valence-corrected chi connectivity index (χ3v) is 1.71. The standard InChI is InChI=1S/C11H20O2/c1-3-4-5-6-7-8-9-10-13-11(2)12/h6-7H,3-5,8-10H2,1-2H3. The molecule has 0 heterocycles. The SMILES string of the molecule is CCCCC=CCCCOC(C)=O. The van der Waals surface area contributed by atoms with Crippen LogP contribution in [0.5, 0.6) is 0 Å². The lowest BCUT2D eigenvalue weighted by Crippen LogP contribution is -1.99. The first-order valence-corrected chi connectivity index (χ1v) is 5.05. The summed E-state index contributed by atoms with van der Waals surface area (Å²) in [6.07, 6.45) is 10.00. The maximum atomic E-state index is 10.4. The number of carbonyl (C=O) groups is 1. The monoisotopic (exact) mass is 184 g/mol. The van der Waals surface area contributed by atoms with Crippen molar-refractivity contribution in [2.45, 2.75) is 46.0 Å². The van der Waals surface area contributed by atoms with Crippen LogP contribution >= 0.6 is 0 Å². The van der Waals surface area contributed by atoms with Crippen molar-refractivity contribution in [3.63, 3.8) is 0 Å². The molecule has 0 aromatic heterocycles. The third-order valence-electron chi connectivity index (χ3n) is 1.71. The average Bonchev–Trinajstić information content (AvgIpc) is 2.09. The fourth-order valence-electron chi connectivity index (χ4n) is 0.975. The molecule has 0 aliphatic heterocycles. The molecule has 0 unspecified atom stereocenters. The third kappa shape index (κ3) is 11.2. The first-order valence-electron chi connectivity index (χ1n) is 5.05. The molecule has 0 saturated carbocycles. The second-order valence-electron chi connectivity index (χ2n) is 3.10. The molecule has 13 heavy (non-hydrogen) atoms. The van der Waals surface area contributed by atoms with Crippen molar-refractivity contribution in [1.82, 2.24) is 0 Å². The van der Waals surface area contributed by atoms with E-state index in [0.29, 0.717) is 6.61 Å². The highest BCUT2D eigenvalue weighted by Crippen LogP contribution is 1.98. The Morgan fingerprint density at radius 1 is 1.23 bits per heavy atom. The molecule has 0 aliphatic rings. The van der Waals surface area contributed by atoms with E-state index in [0.717, 1.165) is 12.8 Å². The van der Waals surface area contributed by atoms with Crippen LogP contribution in [0, 0.1) is 0 Å². The van der Waals surface area contributed by atoms with Gasteiger partial charge in [0.25, 0.3) is 0 Å². The van der Waals surface area contributed by atoms with Gasteiger partial charge in [0.05, 0.1) is 6.61 Å². The summed E-state index contributed by atoms with van der Waals surface area (Å²) in [5, 5.41) is 0. The Hall–Kier alpha value is -0.790. The zero-order chi connectivity index (χ0) is 9.94. The van der Waals surface area contributed by atoms with E-state index in [9.17, 15) is 4.79 Å². The predicted octanol–water partition coefficient (Wildman–Crippen LogP) is 3.08. The summed E-state index contributed by atoms with van der Waals surface area (Å²) in [7, 11) is 0. The van der Waals surface area contributed by atoms with Crippen LogP contribution < -0.4 is 0 Å². The van der Waals surface area contributed by atoms with Crippen molar-refractivity contribution in [2.75, 3.05) is 6.61 Å². The van der Waals surface area contributed by atoms with Crippen molar-refractivity contribution in [3.05, 3.63) is 12.2 Å². The van der Waals surface area contributed by atoms with Gasteiger partial charge in [0, 0.05) is 6.92 Å². The Labute approximate surface area is 81.0 Å². The predicted molar refractivity (Wildman–Crippen MR) is 54.5 cm³/mol. The molecule has 0 saturated heterocycles. The number of hydrogen-bond acceptors (Lipinski definition) is 2. The van der Waals surface area contributed by atoms with Gasteiger partial charge in [0.2, 0.25) is 0 Å². The summed E-state index contributed by atoms with van der Waals surface area (Å²) in [6.45, 7) is 4.18. The van der Waals surface area contributed by atoms with E-state index in [1.165, 1.54) is 26.2 Å². The highest BCUT2D eigenvalue weighted by atomic mass is 16.5. The number of hydrogen-bond donors (Lipinski definition) is 0. The molecule has 0 aliphatic carbocycles. The van der Waals surface area contributed by atoms with Crippen molar-refractivity contribution in [2.24, 2.45) is 0 Å². The number of allylic oxidation sites excluding steroid dienone is 2. The molecule has 0 fully saturated rings. The lowest BCUT2D eigenvalue weighted by atomic mass is 10.2. The Kier molecular flexibility index (Phi) is 8.73. The fraction of sp³-hybridized carbons (Fsp3) is 0.727. The van der Waals surface area contributed by atoms with Gasteiger partial charge in [0.1, 0.15) is 0 Å². The van der Waals surface area contributed by atoms with Gasteiger partial charge in [-0.05, 0) is 19.3 Å². The number of unbranched alkanes of at least 4 members (excludes halogenated alkanes) is 3. The highest BCUT2D eigenvalue weighted by molar-refractivity contribution is 5.65. The number of carbonyl (C=O) groups excluding carboxylic acids is 1. The Morgan fingerprint density at radius 2 is 1.85 bits per heavy atom. The van der Waals surface area contributed by atoms with E-state index in [4.69, 9.17) is 4.74 Å². The van der Waals surface area contributed by atoms with E-state index in [1.54, 1.807) is 0 Å². The van der Waals surface area contributed by atoms with Crippen LogP contribution in [0.2, 0.25) is 0 Å². The van der Waals surface area contributed by atoms with Crippen molar-refractivity contribution in [3.8, 4) is 0 Å². The Balaban J connectivity index is 3.06. The smallest absolute Gasteiger partial charge is 0.302 e. The molecule has 2 nitrogen and oxygen atoms in total. The molecule has 0 aromatic carbocycles. The molecule has 0 aromatic rings. The fourth-order valence-corrected chi connectivity index (χ4v) is 0.975. The van der Waals surface area contributed by atoms with Crippen LogP contribution in [-0.2, 0) is 9.53 Å². The summed E-state index contributed by atoms with van der Waals surface area (Å²) in [4.78, 5) is 10.4. The van der Waals surface area contributed by atoms with Gasteiger partial charge in [-0.3, -0.25) is 4.79 Å². The molecule has 0 rings (SSSR count). The van der Waals surface area contributed by atoms with Crippen LogP contribution in [0.25, 0.3) is 0 Å². The molecule has 0 amide bonds. The van der Waals surface area contributed by atoms with Gasteiger partial charge in [-0.1, -0.05) is 31.9 Å². The maximum Gasteiger partial charge on any atom is 0.302 e. The van der Waals surface area contributed by atoms with Gasteiger partial charge in [-0.25, -0.2) is 0 Å². The Morgan fingerprint density at radius 3 is 2.38 bits per heavy atom. The van der Waals surface area contributed by atoms with Crippen LogP contribution in [0.4, 0.5) is 0 Å². The first-order chi connectivity index (χ1) is 6.27. The number of rotatable bonds is 7. The molecule has 2 heteroatoms. The van der Waals surface area contributed by atoms with E-state index < -0.39 is 0 Å². The number of ether oxygens (including phenoxy) is 1. The Bertz CT molecular complexity index is 150. The van der Waals surface area contributed by atoms with E-state index >= 15 is 0 Å². The molecule has 0 radical (unpaired) electrons. The summed E-state index contributed by atoms with van der Waals surface area (Å²) in [5.74, 6) is -0.185. The van der Waals surface area contributed by atoms with Crippen LogP contribution in [0.1, 0.15) is 46.0 Å². The van der Waals surface area contributed by atoms with E-state index in [1.807, 2.05) is 0 Å². The molecule has 0 atom stereocenters. The average molecular weight is 184 g/mol. The molecule has 76 valence electrons. The van der Waals surface area contributed by atoms with Crippen molar-refractivity contribution in [1.29, 1.82) is 0 Å². The lowest BCUT2D eigenvalue weighted by molar-refractivity contribution is -0.141. The van der Waals surface area contributed by atoms with Gasteiger partial charge in [0.15, 0.2) is 0 Å². The largest absolute Gasteiger partial charge is 0.466 e. The molecular weight excluding hydrogens is 164 g/mol. The zero-order valence-corrected chi connectivity index (χ0v) is 8.71. The first kappa shape index (κ1) is 12.2. The van der Waals surface area contributed by atoms with Crippen LogP contribution in [-0.4, -0.2) is 12.6 Å². The summed E-state index contributed by atoms with van der Waals surface area (Å²) < 4.78 is 4.80. The summed E-state index contributed by atoms with van der Waals surface area (Å²) >= 11 is 0.